The van der Waals surface area contributed by atoms with Gasteiger partial charge in [0, 0.05) is 28.2 Å². The molecule has 0 fully saturated rings. The topological polar surface area (TPSA) is 107 Å². The summed E-state index contributed by atoms with van der Waals surface area (Å²) in [5.74, 6) is 1.35. The molecule has 2 atom stereocenters. The smallest absolute Gasteiger partial charge is 0.265 e. The SMILES string of the molecule is CCCCC(CC)COc1c2c(c(OCC(CC)CCCC)c3c1SC(=C(C#N)C(=O)N(C)C)S3)SC(=C(C#N)C(=O)N(C)C)S2. The van der Waals surface area contributed by atoms with Gasteiger partial charge in [-0.3, -0.25) is 9.59 Å². The molecule has 1 aromatic rings. The summed E-state index contributed by atoms with van der Waals surface area (Å²) in [5, 5.41) is 20.1. The molecule has 0 spiro atoms. The molecule has 3 rings (SSSR count). The number of carbonyl (C=O) groups excluding carboxylic acids is 2. The summed E-state index contributed by atoms with van der Waals surface area (Å²) in [4.78, 5) is 32.2. The molecule has 0 saturated heterocycles. The van der Waals surface area contributed by atoms with E-state index in [1.807, 2.05) is 0 Å². The molecule has 1 aromatic carbocycles. The van der Waals surface area contributed by atoms with Crippen molar-refractivity contribution in [2.24, 2.45) is 11.8 Å². The molecule has 0 radical (unpaired) electrons. The Balaban J connectivity index is 2.25. The molecule has 250 valence electrons. The molecule has 0 bridgehead atoms. The Kier molecular flexibility index (Phi) is 15.1. The first kappa shape index (κ1) is 38.1. The van der Waals surface area contributed by atoms with E-state index >= 15 is 0 Å². The molecule has 0 N–H and O–H groups in total. The van der Waals surface area contributed by atoms with E-state index in [-0.39, 0.29) is 23.0 Å². The minimum Gasteiger partial charge on any atom is -0.491 e. The molecular formula is C34H46N4O4S4. The fraction of sp³-hybridized carbons (Fsp3) is 0.588. The van der Waals surface area contributed by atoms with Crippen LogP contribution in [-0.4, -0.2) is 63.0 Å². The number of hydrogen-bond acceptors (Lipinski definition) is 10. The van der Waals surface area contributed by atoms with E-state index in [0.717, 1.165) is 70.9 Å². The van der Waals surface area contributed by atoms with Crippen LogP contribution in [0.2, 0.25) is 0 Å². The summed E-state index contributed by atoms with van der Waals surface area (Å²) >= 11 is 5.47. The molecule has 0 aliphatic carbocycles. The first-order valence-corrected chi connectivity index (χ1v) is 19.3. The van der Waals surface area contributed by atoms with E-state index < -0.39 is 0 Å². The van der Waals surface area contributed by atoms with Gasteiger partial charge in [0.1, 0.15) is 34.8 Å². The minimum absolute atomic E-state index is 0.0845. The van der Waals surface area contributed by atoms with Crippen LogP contribution < -0.4 is 9.47 Å². The average Bonchev–Trinajstić information content (AvgIpc) is 3.67. The van der Waals surface area contributed by atoms with Gasteiger partial charge in [-0.05, 0) is 24.7 Å². The Hall–Kier alpha value is -2.38. The van der Waals surface area contributed by atoms with Crippen molar-refractivity contribution in [1.29, 1.82) is 10.5 Å². The second-order valence-electron chi connectivity index (χ2n) is 11.8. The second kappa shape index (κ2) is 18.2. The predicted molar refractivity (Wildman–Crippen MR) is 190 cm³/mol. The highest BCUT2D eigenvalue weighted by Gasteiger charge is 2.40. The predicted octanol–water partition coefficient (Wildman–Crippen LogP) is 8.92. The first-order chi connectivity index (χ1) is 22.1. The maximum absolute atomic E-state index is 13.0. The summed E-state index contributed by atoms with van der Waals surface area (Å²) in [5.41, 5.74) is 0.169. The van der Waals surface area contributed by atoms with Crippen LogP contribution in [0.1, 0.15) is 79.1 Å². The molecule has 8 nitrogen and oxygen atoms in total. The lowest BCUT2D eigenvalue weighted by Gasteiger charge is -2.22. The molecule has 2 aliphatic rings. The number of hydrogen-bond donors (Lipinski definition) is 0. The fourth-order valence-corrected chi connectivity index (χ4v) is 10.3. The zero-order chi connectivity index (χ0) is 34.0. The first-order valence-electron chi connectivity index (χ1n) is 16.0. The Morgan fingerprint density at radius 2 is 0.978 bits per heavy atom. The Bertz CT molecular complexity index is 1290. The van der Waals surface area contributed by atoms with Crippen molar-refractivity contribution in [1.82, 2.24) is 9.80 Å². The van der Waals surface area contributed by atoms with Crippen molar-refractivity contribution < 1.29 is 19.1 Å². The Labute approximate surface area is 292 Å². The van der Waals surface area contributed by atoms with E-state index in [9.17, 15) is 20.1 Å². The molecule has 2 unspecified atom stereocenters. The van der Waals surface area contributed by atoms with E-state index in [1.165, 1.54) is 56.8 Å². The zero-order valence-electron chi connectivity index (χ0n) is 28.3. The maximum atomic E-state index is 13.0. The van der Waals surface area contributed by atoms with Gasteiger partial charge in [-0.2, -0.15) is 10.5 Å². The van der Waals surface area contributed by atoms with Crippen molar-refractivity contribution >= 4 is 58.9 Å². The average molecular weight is 703 g/mol. The van der Waals surface area contributed by atoms with Gasteiger partial charge in [0.25, 0.3) is 11.8 Å². The Morgan fingerprint density at radius 3 is 1.22 bits per heavy atom. The van der Waals surface area contributed by atoms with Gasteiger partial charge in [0.15, 0.2) is 0 Å². The van der Waals surface area contributed by atoms with Gasteiger partial charge in [-0.15, -0.1) is 0 Å². The third kappa shape index (κ3) is 8.94. The number of benzene rings is 1. The number of thioether (sulfide) groups is 4. The molecule has 12 heteroatoms. The van der Waals surface area contributed by atoms with E-state index in [0.29, 0.717) is 45.0 Å². The molecule has 0 aromatic heterocycles. The third-order valence-corrected chi connectivity index (χ3v) is 13.1. The number of unbranched alkanes of at least 4 members (excludes halogenated alkanes) is 2. The van der Waals surface area contributed by atoms with E-state index in [1.54, 1.807) is 28.2 Å². The summed E-state index contributed by atoms with van der Waals surface area (Å²) < 4.78 is 14.6. The van der Waals surface area contributed by atoms with Crippen LogP contribution in [-0.2, 0) is 9.59 Å². The number of amides is 2. The zero-order valence-corrected chi connectivity index (χ0v) is 31.5. The van der Waals surface area contributed by atoms with Gasteiger partial charge in [0.05, 0.1) is 41.3 Å². The van der Waals surface area contributed by atoms with E-state index in [4.69, 9.17) is 9.47 Å². The number of nitriles is 2. The monoisotopic (exact) mass is 702 g/mol. The van der Waals surface area contributed by atoms with Gasteiger partial charge >= 0.3 is 0 Å². The molecule has 46 heavy (non-hydrogen) atoms. The van der Waals surface area contributed by atoms with Crippen LogP contribution >= 0.6 is 47.0 Å². The van der Waals surface area contributed by atoms with Crippen molar-refractivity contribution in [3.63, 3.8) is 0 Å². The van der Waals surface area contributed by atoms with Gasteiger partial charge in [-0.25, -0.2) is 0 Å². The van der Waals surface area contributed by atoms with E-state index in [2.05, 4.69) is 39.8 Å². The van der Waals surface area contributed by atoms with Crippen molar-refractivity contribution in [3.8, 4) is 23.6 Å². The number of nitrogens with zero attached hydrogens (tertiary/aromatic N) is 4. The van der Waals surface area contributed by atoms with Crippen LogP contribution in [0.25, 0.3) is 0 Å². The van der Waals surface area contributed by atoms with Gasteiger partial charge in [-0.1, -0.05) is 113 Å². The van der Waals surface area contributed by atoms with Crippen LogP contribution in [0.3, 0.4) is 0 Å². The van der Waals surface area contributed by atoms with Crippen LogP contribution in [0, 0.1) is 34.5 Å². The van der Waals surface area contributed by atoms with Crippen molar-refractivity contribution in [2.75, 3.05) is 41.4 Å². The van der Waals surface area contributed by atoms with Crippen LogP contribution in [0.5, 0.6) is 11.5 Å². The largest absolute Gasteiger partial charge is 0.491 e. The Morgan fingerprint density at radius 1 is 0.652 bits per heavy atom. The van der Waals surface area contributed by atoms with Gasteiger partial charge in [0.2, 0.25) is 0 Å². The maximum Gasteiger partial charge on any atom is 0.265 e. The summed E-state index contributed by atoms with van der Waals surface area (Å²) in [6.07, 6.45) is 8.53. The molecule has 2 heterocycles. The lowest BCUT2D eigenvalue weighted by molar-refractivity contribution is -0.125. The quantitative estimate of drug-likeness (QED) is 0.122. The highest BCUT2D eigenvalue weighted by molar-refractivity contribution is 8.26. The van der Waals surface area contributed by atoms with Crippen LogP contribution in [0.4, 0.5) is 0 Å². The minimum atomic E-state index is -0.353. The molecule has 0 saturated carbocycles. The standard InChI is InChI=1S/C34H46N4O4S4/c1-9-13-15-21(11-3)19-41-25-27-29(45-33(43-27)23(17-35)31(39)37(5)6)26(42-20-22(12-4)16-14-10-2)30-28(25)44-34(46-30)24(18-36)32(40)38(7)8/h21-22H,9-16,19-20H2,1-8H3. The summed E-state index contributed by atoms with van der Waals surface area (Å²) in [7, 11) is 6.56. The number of carbonyl (C=O) groups is 2. The molecule has 2 amide bonds. The highest BCUT2D eigenvalue weighted by atomic mass is 32.2. The number of likely N-dealkylation sites (N-methyl/N-ethyl adjacent to an activating group) is 2. The lowest BCUT2D eigenvalue weighted by atomic mass is 10.0. The number of ether oxygens (including phenoxy) is 2. The number of fused-ring (bicyclic) bond motifs is 2. The number of rotatable bonds is 16. The molecule has 2 aliphatic heterocycles. The van der Waals surface area contributed by atoms with Crippen LogP contribution in [0.15, 0.2) is 39.2 Å². The summed E-state index contributed by atoms with van der Waals surface area (Å²) in [6, 6.07) is 4.29. The van der Waals surface area contributed by atoms with Crippen molar-refractivity contribution in [3.05, 3.63) is 19.6 Å². The second-order valence-corrected chi connectivity index (χ2v) is 16.4. The fourth-order valence-electron chi connectivity index (χ4n) is 4.88. The lowest BCUT2D eigenvalue weighted by Crippen LogP contribution is -2.23. The molecular weight excluding hydrogens is 657 g/mol. The highest BCUT2D eigenvalue weighted by Crippen LogP contribution is 2.68. The summed E-state index contributed by atoms with van der Waals surface area (Å²) in [6.45, 7) is 9.75. The third-order valence-electron chi connectivity index (χ3n) is 7.90. The van der Waals surface area contributed by atoms with Gasteiger partial charge < -0.3 is 19.3 Å². The normalized spacial score (nSPS) is 14.5. The van der Waals surface area contributed by atoms with Crippen molar-refractivity contribution in [2.45, 2.75) is 98.6 Å².